The average Bonchev–Trinajstić information content (AvgIpc) is 2.54. The lowest BCUT2D eigenvalue weighted by atomic mass is 9.94. The first kappa shape index (κ1) is 23.5. The van der Waals surface area contributed by atoms with E-state index in [4.69, 9.17) is 11.5 Å². The maximum absolute atomic E-state index is 12.7. The number of hydrogen-bond donors (Lipinski definition) is 2. The summed E-state index contributed by atoms with van der Waals surface area (Å²) in [6.07, 6.45) is 3.60. The second kappa shape index (κ2) is 9.84. The van der Waals surface area contributed by atoms with Crippen LogP contribution in [0.4, 0.5) is 0 Å². The van der Waals surface area contributed by atoms with Crippen LogP contribution in [0.1, 0.15) is 50.0 Å². The molecule has 0 aromatic carbocycles. The SMILES string of the molecule is CCCC(CCC)S(=O)(=O)C[C@](N)(C(N)=O)C(=O)c1ccccn1.Cl. The summed E-state index contributed by atoms with van der Waals surface area (Å²) in [5, 5.41) is -0.647. The van der Waals surface area contributed by atoms with E-state index >= 15 is 0 Å². The number of primary amides is 1. The van der Waals surface area contributed by atoms with Crippen LogP contribution < -0.4 is 11.5 Å². The summed E-state index contributed by atoms with van der Waals surface area (Å²) in [7, 11) is -3.78. The van der Waals surface area contributed by atoms with Crippen LogP contribution in [0.15, 0.2) is 24.4 Å². The molecule has 0 aliphatic carbocycles. The number of pyridine rings is 1. The molecule has 1 aromatic rings. The second-order valence-electron chi connectivity index (χ2n) is 5.89. The molecule has 1 atom stereocenters. The van der Waals surface area contributed by atoms with Crippen LogP contribution in [0.3, 0.4) is 0 Å². The van der Waals surface area contributed by atoms with E-state index in [2.05, 4.69) is 4.98 Å². The van der Waals surface area contributed by atoms with Crippen LogP contribution in [0.5, 0.6) is 0 Å². The Morgan fingerprint density at radius 3 is 2.16 bits per heavy atom. The van der Waals surface area contributed by atoms with Gasteiger partial charge >= 0.3 is 0 Å². The van der Waals surface area contributed by atoms with Gasteiger partial charge in [-0.3, -0.25) is 14.6 Å². The molecule has 1 amide bonds. The Labute approximate surface area is 154 Å². The standard InChI is InChI=1S/C16H25N3O4S.ClH/c1-3-7-12(8-4-2)24(22,23)11-16(18,15(17)21)14(20)13-9-5-6-10-19-13;/h5-6,9-10,12H,3-4,7-8,11,18H2,1-2H3,(H2,17,21);1H/t16-;/m1./s1. The third-order valence-electron chi connectivity index (χ3n) is 3.90. The van der Waals surface area contributed by atoms with Crippen LogP contribution in [0, 0.1) is 0 Å². The van der Waals surface area contributed by atoms with Crippen molar-refractivity contribution >= 4 is 33.9 Å². The monoisotopic (exact) mass is 391 g/mol. The smallest absolute Gasteiger partial charge is 0.246 e. The molecule has 0 bridgehead atoms. The minimum atomic E-state index is -3.78. The van der Waals surface area contributed by atoms with Crippen LogP contribution >= 0.6 is 12.4 Å². The topological polar surface area (TPSA) is 133 Å². The zero-order valence-electron chi connectivity index (χ0n) is 14.5. The fourth-order valence-electron chi connectivity index (χ4n) is 2.56. The van der Waals surface area contributed by atoms with Gasteiger partial charge in [0.05, 0.1) is 11.0 Å². The van der Waals surface area contributed by atoms with Gasteiger partial charge in [-0.05, 0) is 25.0 Å². The summed E-state index contributed by atoms with van der Waals surface area (Å²) >= 11 is 0. The Morgan fingerprint density at radius 1 is 1.20 bits per heavy atom. The van der Waals surface area contributed by atoms with Crippen molar-refractivity contribution in [2.24, 2.45) is 11.5 Å². The average molecular weight is 392 g/mol. The summed E-state index contributed by atoms with van der Waals surface area (Å²) in [5.74, 6) is -2.87. The number of halogens is 1. The quantitative estimate of drug-likeness (QED) is 0.455. The summed E-state index contributed by atoms with van der Waals surface area (Å²) in [6, 6.07) is 4.51. The molecule has 142 valence electrons. The van der Waals surface area contributed by atoms with Crippen molar-refractivity contribution in [2.75, 3.05) is 5.75 Å². The molecule has 0 saturated heterocycles. The number of nitrogens with two attached hydrogens (primary N) is 2. The third kappa shape index (κ3) is 5.76. The van der Waals surface area contributed by atoms with Crippen LogP contribution in [0.25, 0.3) is 0 Å². The van der Waals surface area contributed by atoms with Gasteiger partial charge in [-0.25, -0.2) is 8.42 Å². The lowest BCUT2D eigenvalue weighted by Gasteiger charge is -2.26. The Balaban J connectivity index is 0.00000576. The fraction of sp³-hybridized carbons (Fsp3) is 0.562. The molecule has 9 heteroatoms. The number of aromatic nitrogens is 1. The van der Waals surface area contributed by atoms with E-state index in [9.17, 15) is 18.0 Å². The Hall–Kier alpha value is -1.51. The molecular weight excluding hydrogens is 366 g/mol. The number of ketones is 1. The number of rotatable bonds is 10. The number of nitrogens with zero attached hydrogens (tertiary/aromatic N) is 1. The summed E-state index contributed by atoms with van der Waals surface area (Å²) in [5.41, 5.74) is 8.76. The van der Waals surface area contributed by atoms with Crippen molar-refractivity contribution in [3.8, 4) is 0 Å². The minimum Gasteiger partial charge on any atom is -0.368 e. The number of hydrogen-bond acceptors (Lipinski definition) is 6. The maximum atomic E-state index is 12.7. The Morgan fingerprint density at radius 2 is 1.76 bits per heavy atom. The highest BCUT2D eigenvalue weighted by molar-refractivity contribution is 7.92. The summed E-state index contributed by atoms with van der Waals surface area (Å²) in [6.45, 7) is 3.75. The van der Waals surface area contributed by atoms with Crippen LogP contribution in [-0.2, 0) is 14.6 Å². The van der Waals surface area contributed by atoms with E-state index in [1.807, 2.05) is 13.8 Å². The van der Waals surface area contributed by atoms with E-state index in [0.29, 0.717) is 25.7 Å². The maximum Gasteiger partial charge on any atom is 0.246 e. The first-order valence-corrected chi connectivity index (χ1v) is 9.66. The number of carbonyl (C=O) groups excluding carboxylic acids is 2. The number of amides is 1. The molecule has 0 radical (unpaired) electrons. The van der Waals surface area contributed by atoms with Gasteiger partial charge < -0.3 is 11.5 Å². The molecule has 1 aromatic heterocycles. The van der Waals surface area contributed by atoms with Gasteiger partial charge in [-0.15, -0.1) is 12.4 Å². The third-order valence-corrected chi connectivity index (χ3v) is 6.25. The van der Waals surface area contributed by atoms with Gasteiger partial charge in [0.2, 0.25) is 11.7 Å². The first-order valence-electron chi connectivity index (χ1n) is 7.95. The lowest BCUT2D eigenvalue weighted by molar-refractivity contribution is -0.120. The fourth-order valence-corrected chi connectivity index (χ4v) is 4.89. The Kier molecular flexibility index (Phi) is 9.24. The molecule has 25 heavy (non-hydrogen) atoms. The van der Waals surface area contributed by atoms with Crippen LogP contribution in [-0.4, -0.2) is 41.6 Å². The van der Waals surface area contributed by atoms with Gasteiger partial charge in [0.15, 0.2) is 15.4 Å². The largest absolute Gasteiger partial charge is 0.368 e. The highest BCUT2D eigenvalue weighted by atomic mass is 35.5. The second-order valence-corrected chi connectivity index (χ2v) is 8.17. The highest BCUT2D eigenvalue weighted by Crippen LogP contribution is 2.21. The van der Waals surface area contributed by atoms with Crippen molar-refractivity contribution in [3.05, 3.63) is 30.1 Å². The summed E-state index contributed by atoms with van der Waals surface area (Å²) < 4.78 is 25.4. The molecule has 0 fully saturated rings. The molecule has 1 heterocycles. The Bertz CT molecular complexity index is 676. The molecule has 7 nitrogen and oxygen atoms in total. The van der Waals surface area contributed by atoms with Crippen LogP contribution in [0.2, 0.25) is 0 Å². The normalized spacial score (nSPS) is 13.8. The molecule has 0 spiro atoms. The van der Waals surface area contributed by atoms with E-state index in [1.165, 1.54) is 12.3 Å². The van der Waals surface area contributed by atoms with Crippen molar-refractivity contribution < 1.29 is 18.0 Å². The van der Waals surface area contributed by atoms with Crippen molar-refractivity contribution in [1.29, 1.82) is 0 Å². The lowest BCUT2D eigenvalue weighted by Crippen LogP contribution is -2.63. The van der Waals surface area contributed by atoms with E-state index in [1.54, 1.807) is 12.1 Å². The molecule has 4 N–H and O–H groups in total. The van der Waals surface area contributed by atoms with E-state index in [0.717, 1.165) is 0 Å². The molecular formula is C16H26ClN3O4S. The van der Waals surface area contributed by atoms with E-state index in [-0.39, 0.29) is 18.1 Å². The molecule has 1 rings (SSSR count). The predicted molar refractivity (Wildman–Crippen MR) is 99.3 cm³/mol. The minimum absolute atomic E-state index is 0. The number of sulfone groups is 1. The van der Waals surface area contributed by atoms with Gasteiger partial charge in [0, 0.05) is 6.20 Å². The number of carbonyl (C=O) groups is 2. The van der Waals surface area contributed by atoms with Crippen molar-refractivity contribution in [3.63, 3.8) is 0 Å². The molecule has 0 unspecified atom stereocenters. The van der Waals surface area contributed by atoms with Gasteiger partial charge in [-0.1, -0.05) is 32.8 Å². The molecule has 0 aliphatic heterocycles. The zero-order valence-corrected chi connectivity index (χ0v) is 16.1. The molecule has 0 saturated carbocycles. The van der Waals surface area contributed by atoms with E-state index < -0.39 is 38.1 Å². The molecule has 0 aliphatic rings. The zero-order chi connectivity index (χ0) is 18.4. The predicted octanol–water partition coefficient (Wildman–Crippen LogP) is 1.25. The van der Waals surface area contributed by atoms with Crippen molar-refractivity contribution in [2.45, 2.75) is 50.3 Å². The van der Waals surface area contributed by atoms with Gasteiger partial charge in [-0.2, -0.15) is 0 Å². The van der Waals surface area contributed by atoms with Gasteiger partial charge in [0.1, 0.15) is 5.69 Å². The summed E-state index contributed by atoms with van der Waals surface area (Å²) in [4.78, 5) is 28.3. The van der Waals surface area contributed by atoms with Crippen molar-refractivity contribution in [1.82, 2.24) is 4.98 Å². The number of Topliss-reactive ketones (excluding diaryl/α,β-unsaturated/α-hetero) is 1. The highest BCUT2D eigenvalue weighted by Gasteiger charge is 2.46. The first-order chi connectivity index (χ1) is 11.2. The van der Waals surface area contributed by atoms with Gasteiger partial charge in [0.25, 0.3) is 0 Å².